The molecule has 0 spiro atoms. The van der Waals surface area contributed by atoms with Crippen molar-refractivity contribution < 1.29 is 13.9 Å². The Balaban J connectivity index is 2.08. The standard InChI is InChI=1S/C19H24FN3O2/c1-4-21-19(22-12-14-7-5-6-8-17(14)20)23-13-15-9-10-16(24-2)11-18(15)25-3/h5-11H,4,12-13H2,1-3H3,(H2,21,22,23). The van der Waals surface area contributed by atoms with Crippen LogP contribution < -0.4 is 20.1 Å². The molecule has 0 saturated heterocycles. The van der Waals surface area contributed by atoms with Gasteiger partial charge in [0.05, 0.1) is 20.8 Å². The van der Waals surface area contributed by atoms with E-state index in [4.69, 9.17) is 9.47 Å². The van der Waals surface area contributed by atoms with E-state index in [0.717, 1.165) is 11.3 Å². The van der Waals surface area contributed by atoms with Crippen molar-refractivity contribution in [2.24, 2.45) is 4.99 Å². The zero-order valence-corrected chi connectivity index (χ0v) is 14.8. The molecule has 0 aliphatic carbocycles. The van der Waals surface area contributed by atoms with Crippen LogP contribution in [0.5, 0.6) is 11.5 Å². The Bertz CT molecular complexity index is 720. The molecule has 6 heteroatoms. The monoisotopic (exact) mass is 345 g/mol. The number of guanidine groups is 1. The molecule has 0 aromatic heterocycles. The minimum absolute atomic E-state index is 0.234. The Morgan fingerprint density at radius 2 is 1.84 bits per heavy atom. The van der Waals surface area contributed by atoms with Gasteiger partial charge in [-0.05, 0) is 25.1 Å². The molecule has 5 nitrogen and oxygen atoms in total. The van der Waals surface area contributed by atoms with Crippen molar-refractivity contribution in [3.05, 3.63) is 59.4 Å². The van der Waals surface area contributed by atoms with Gasteiger partial charge in [0.25, 0.3) is 0 Å². The first kappa shape index (κ1) is 18.6. The fourth-order valence-corrected chi connectivity index (χ4v) is 2.31. The molecular formula is C19H24FN3O2. The Morgan fingerprint density at radius 3 is 2.52 bits per heavy atom. The van der Waals surface area contributed by atoms with Crippen molar-refractivity contribution >= 4 is 5.96 Å². The number of aliphatic imine (C=N–C) groups is 1. The zero-order chi connectivity index (χ0) is 18.1. The van der Waals surface area contributed by atoms with Crippen molar-refractivity contribution in [1.29, 1.82) is 0 Å². The SMILES string of the molecule is CCNC(=NCc1ccc(OC)cc1OC)NCc1ccccc1F. The Hall–Kier alpha value is -2.76. The van der Waals surface area contributed by atoms with E-state index in [0.29, 0.717) is 36.9 Å². The predicted octanol–water partition coefficient (Wildman–Crippen LogP) is 3.10. The van der Waals surface area contributed by atoms with E-state index in [9.17, 15) is 4.39 Å². The summed E-state index contributed by atoms with van der Waals surface area (Å²) in [4.78, 5) is 4.54. The third kappa shape index (κ3) is 5.38. The van der Waals surface area contributed by atoms with E-state index in [1.807, 2.05) is 31.2 Å². The number of rotatable bonds is 7. The molecule has 0 aliphatic heterocycles. The van der Waals surface area contributed by atoms with E-state index in [1.165, 1.54) is 6.07 Å². The van der Waals surface area contributed by atoms with Crippen LogP contribution in [-0.4, -0.2) is 26.7 Å². The highest BCUT2D eigenvalue weighted by Gasteiger charge is 2.06. The average molecular weight is 345 g/mol. The van der Waals surface area contributed by atoms with E-state index in [2.05, 4.69) is 15.6 Å². The fraction of sp³-hybridized carbons (Fsp3) is 0.316. The number of hydrogen-bond donors (Lipinski definition) is 2. The lowest BCUT2D eigenvalue weighted by Crippen LogP contribution is -2.37. The maximum Gasteiger partial charge on any atom is 0.191 e. The lowest BCUT2D eigenvalue weighted by atomic mass is 10.2. The first-order valence-electron chi connectivity index (χ1n) is 8.14. The highest BCUT2D eigenvalue weighted by molar-refractivity contribution is 5.79. The second kappa shape index (κ2) is 9.52. The van der Waals surface area contributed by atoms with Crippen LogP contribution >= 0.6 is 0 Å². The Kier molecular flexibility index (Phi) is 7.07. The fourth-order valence-electron chi connectivity index (χ4n) is 2.31. The third-order valence-corrected chi connectivity index (χ3v) is 3.65. The van der Waals surface area contributed by atoms with Gasteiger partial charge in [-0.2, -0.15) is 0 Å². The van der Waals surface area contributed by atoms with Crippen molar-refractivity contribution in [2.45, 2.75) is 20.0 Å². The molecule has 2 rings (SSSR count). The highest BCUT2D eigenvalue weighted by Crippen LogP contribution is 2.25. The minimum atomic E-state index is -0.234. The van der Waals surface area contributed by atoms with Crippen LogP contribution in [0.4, 0.5) is 4.39 Å². The summed E-state index contributed by atoms with van der Waals surface area (Å²) in [5.41, 5.74) is 1.53. The molecule has 0 radical (unpaired) electrons. The average Bonchev–Trinajstić information content (AvgIpc) is 2.65. The Labute approximate surface area is 147 Å². The predicted molar refractivity (Wildman–Crippen MR) is 97.6 cm³/mol. The lowest BCUT2D eigenvalue weighted by molar-refractivity contribution is 0.391. The molecule has 0 unspecified atom stereocenters. The van der Waals surface area contributed by atoms with Gasteiger partial charge in [0.1, 0.15) is 17.3 Å². The smallest absolute Gasteiger partial charge is 0.191 e. The molecule has 2 aromatic rings. The first-order chi connectivity index (χ1) is 12.2. The van der Waals surface area contributed by atoms with Gasteiger partial charge >= 0.3 is 0 Å². The van der Waals surface area contributed by atoms with Crippen molar-refractivity contribution in [2.75, 3.05) is 20.8 Å². The quantitative estimate of drug-likeness (QED) is 0.598. The molecular weight excluding hydrogens is 321 g/mol. The number of halogens is 1. The van der Waals surface area contributed by atoms with E-state index in [1.54, 1.807) is 26.4 Å². The maximum absolute atomic E-state index is 13.7. The van der Waals surface area contributed by atoms with Gasteiger partial charge in [-0.1, -0.05) is 18.2 Å². The molecule has 0 heterocycles. The van der Waals surface area contributed by atoms with E-state index < -0.39 is 0 Å². The largest absolute Gasteiger partial charge is 0.497 e. The normalized spacial score (nSPS) is 11.1. The highest BCUT2D eigenvalue weighted by atomic mass is 19.1. The molecule has 0 fully saturated rings. The summed E-state index contributed by atoms with van der Waals surface area (Å²) in [7, 11) is 3.23. The van der Waals surface area contributed by atoms with Gasteiger partial charge in [0.2, 0.25) is 0 Å². The van der Waals surface area contributed by atoms with E-state index in [-0.39, 0.29) is 5.82 Å². The van der Waals surface area contributed by atoms with Crippen LogP contribution in [0.15, 0.2) is 47.5 Å². The van der Waals surface area contributed by atoms with Gasteiger partial charge in [-0.3, -0.25) is 0 Å². The molecule has 0 bridgehead atoms. The minimum Gasteiger partial charge on any atom is -0.497 e. The number of nitrogens with zero attached hydrogens (tertiary/aromatic N) is 1. The molecule has 0 atom stereocenters. The number of nitrogens with one attached hydrogen (secondary N) is 2. The van der Waals surface area contributed by atoms with Crippen molar-refractivity contribution in [3.63, 3.8) is 0 Å². The molecule has 0 aliphatic rings. The van der Waals surface area contributed by atoms with Gasteiger partial charge < -0.3 is 20.1 Å². The Morgan fingerprint density at radius 1 is 1.04 bits per heavy atom. The summed E-state index contributed by atoms with van der Waals surface area (Å²) in [6.45, 7) is 3.48. The maximum atomic E-state index is 13.7. The molecule has 2 N–H and O–H groups in total. The van der Waals surface area contributed by atoms with Crippen LogP contribution in [-0.2, 0) is 13.1 Å². The lowest BCUT2D eigenvalue weighted by Gasteiger charge is -2.13. The molecule has 134 valence electrons. The number of methoxy groups -OCH3 is 2. The van der Waals surface area contributed by atoms with Gasteiger partial charge in [-0.25, -0.2) is 9.38 Å². The van der Waals surface area contributed by atoms with Gasteiger partial charge in [0, 0.05) is 30.3 Å². The van der Waals surface area contributed by atoms with Crippen LogP contribution in [0.2, 0.25) is 0 Å². The third-order valence-electron chi connectivity index (χ3n) is 3.65. The topological polar surface area (TPSA) is 54.9 Å². The van der Waals surface area contributed by atoms with E-state index >= 15 is 0 Å². The number of benzene rings is 2. The number of hydrogen-bond acceptors (Lipinski definition) is 3. The molecule has 25 heavy (non-hydrogen) atoms. The van der Waals surface area contributed by atoms with Crippen LogP contribution in [0.3, 0.4) is 0 Å². The summed E-state index contributed by atoms with van der Waals surface area (Å²) < 4.78 is 24.3. The summed E-state index contributed by atoms with van der Waals surface area (Å²) in [5, 5.41) is 6.29. The summed E-state index contributed by atoms with van der Waals surface area (Å²) in [5.74, 6) is 1.83. The second-order valence-corrected chi connectivity index (χ2v) is 5.32. The van der Waals surface area contributed by atoms with Crippen molar-refractivity contribution in [3.8, 4) is 11.5 Å². The molecule has 0 amide bonds. The summed E-state index contributed by atoms with van der Waals surface area (Å²) in [6, 6.07) is 12.3. The van der Waals surface area contributed by atoms with Crippen molar-refractivity contribution in [1.82, 2.24) is 10.6 Å². The van der Waals surface area contributed by atoms with Gasteiger partial charge in [0.15, 0.2) is 5.96 Å². The molecule has 0 saturated carbocycles. The second-order valence-electron chi connectivity index (χ2n) is 5.32. The molecule has 2 aromatic carbocycles. The summed E-state index contributed by atoms with van der Waals surface area (Å²) >= 11 is 0. The van der Waals surface area contributed by atoms with Gasteiger partial charge in [-0.15, -0.1) is 0 Å². The van der Waals surface area contributed by atoms with Crippen LogP contribution in [0.1, 0.15) is 18.1 Å². The summed E-state index contributed by atoms with van der Waals surface area (Å²) in [6.07, 6.45) is 0. The first-order valence-corrected chi connectivity index (χ1v) is 8.14. The van der Waals surface area contributed by atoms with Crippen LogP contribution in [0, 0.1) is 5.82 Å². The number of ether oxygens (including phenoxy) is 2. The zero-order valence-electron chi connectivity index (χ0n) is 14.8. The van der Waals surface area contributed by atoms with Crippen LogP contribution in [0.25, 0.3) is 0 Å².